The summed E-state index contributed by atoms with van der Waals surface area (Å²) in [6.07, 6.45) is 0. The first-order valence-corrected chi connectivity index (χ1v) is 7.40. The molecule has 0 saturated heterocycles. The van der Waals surface area contributed by atoms with E-state index in [0.717, 1.165) is 11.0 Å². The average Bonchev–Trinajstić information content (AvgIpc) is 3.11. The first kappa shape index (κ1) is 14.3. The van der Waals surface area contributed by atoms with Crippen LogP contribution in [0.1, 0.15) is 0 Å². The Morgan fingerprint density at radius 3 is 1.50 bits per heavy atom. The molecule has 0 aliphatic rings. The quantitative estimate of drug-likeness (QED) is 0.462. The molecule has 0 fully saturated rings. The zero-order valence-corrected chi connectivity index (χ0v) is 13.2. The molecule has 0 aliphatic carbocycles. The number of aromatic nitrogens is 2. The summed E-state index contributed by atoms with van der Waals surface area (Å²) < 4.78 is 10.4. The van der Waals surface area contributed by atoms with Gasteiger partial charge in [0.2, 0.25) is 0 Å². The molecule has 24 heavy (non-hydrogen) atoms. The van der Waals surface area contributed by atoms with Crippen molar-refractivity contribution in [2.45, 2.75) is 0 Å². The van der Waals surface area contributed by atoms with Crippen LogP contribution in [-0.4, -0.2) is 34.4 Å². The Balaban J connectivity index is 1.95. The molecular formula is C18H16N2O4. The van der Waals surface area contributed by atoms with Gasteiger partial charge in [-0.05, 0) is 36.4 Å². The molecule has 0 spiro atoms. The van der Waals surface area contributed by atoms with Crippen molar-refractivity contribution in [3.05, 3.63) is 36.4 Å². The molecule has 122 valence electrons. The van der Waals surface area contributed by atoms with Crippen LogP contribution in [0.5, 0.6) is 23.0 Å². The van der Waals surface area contributed by atoms with E-state index < -0.39 is 0 Å². The maximum Gasteiger partial charge on any atom is 0.150 e. The van der Waals surface area contributed by atoms with Gasteiger partial charge in [0.05, 0.1) is 14.2 Å². The highest BCUT2D eigenvalue weighted by Crippen LogP contribution is 2.43. The summed E-state index contributed by atoms with van der Waals surface area (Å²) in [6, 6.07) is 10.7. The van der Waals surface area contributed by atoms with Crippen molar-refractivity contribution in [1.82, 2.24) is 9.97 Å². The number of ether oxygens (including phenoxy) is 2. The molecule has 0 bridgehead atoms. The molecule has 0 atom stereocenters. The highest BCUT2D eigenvalue weighted by atomic mass is 16.5. The van der Waals surface area contributed by atoms with Crippen molar-refractivity contribution >= 4 is 21.8 Å². The molecule has 0 radical (unpaired) electrons. The normalized spacial score (nSPS) is 11.2. The molecule has 4 N–H and O–H groups in total. The minimum Gasteiger partial charge on any atom is -0.505 e. The SMILES string of the molecule is COc1ccc2[nH]c(-c3[nH]c4ccc(OC)cc4c3O)c(O)c2c1. The number of aromatic hydroxyl groups is 2. The maximum absolute atomic E-state index is 10.6. The fraction of sp³-hybridized carbons (Fsp3) is 0.111. The summed E-state index contributed by atoms with van der Waals surface area (Å²) in [6.45, 7) is 0. The number of fused-ring (bicyclic) bond motifs is 2. The van der Waals surface area contributed by atoms with Gasteiger partial charge < -0.3 is 29.7 Å². The van der Waals surface area contributed by atoms with E-state index in [1.165, 1.54) is 0 Å². The number of hydrogen-bond acceptors (Lipinski definition) is 4. The molecule has 2 aromatic carbocycles. The van der Waals surface area contributed by atoms with Gasteiger partial charge in [-0.1, -0.05) is 0 Å². The second-order valence-electron chi connectivity index (χ2n) is 5.52. The van der Waals surface area contributed by atoms with E-state index in [4.69, 9.17) is 9.47 Å². The lowest BCUT2D eigenvalue weighted by molar-refractivity contribution is 0.415. The van der Waals surface area contributed by atoms with E-state index in [9.17, 15) is 10.2 Å². The molecular weight excluding hydrogens is 308 g/mol. The van der Waals surface area contributed by atoms with E-state index >= 15 is 0 Å². The number of hydrogen-bond donors (Lipinski definition) is 4. The monoisotopic (exact) mass is 324 g/mol. The summed E-state index contributed by atoms with van der Waals surface area (Å²) in [5, 5.41) is 22.4. The van der Waals surface area contributed by atoms with Gasteiger partial charge in [0.1, 0.15) is 22.9 Å². The zero-order valence-electron chi connectivity index (χ0n) is 13.2. The molecule has 0 unspecified atom stereocenters. The number of H-pyrrole nitrogens is 2. The van der Waals surface area contributed by atoms with Gasteiger partial charge in [-0.15, -0.1) is 0 Å². The van der Waals surface area contributed by atoms with Crippen LogP contribution < -0.4 is 9.47 Å². The van der Waals surface area contributed by atoms with Crippen LogP contribution in [-0.2, 0) is 0 Å². The van der Waals surface area contributed by atoms with Gasteiger partial charge >= 0.3 is 0 Å². The van der Waals surface area contributed by atoms with Crippen LogP contribution in [0.15, 0.2) is 36.4 Å². The molecule has 0 saturated carbocycles. The second kappa shape index (κ2) is 5.13. The van der Waals surface area contributed by atoms with Crippen LogP contribution in [0, 0.1) is 0 Å². The Bertz CT molecular complexity index is 976. The van der Waals surface area contributed by atoms with Crippen LogP contribution in [0.4, 0.5) is 0 Å². The first-order chi connectivity index (χ1) is 11.6. The Kier molecular flexibility index (Phi) is 3.06. The number of rotatable bonds is 3. The van der Waals surface area contributed by atoms with Gasteiger partial charge in [0.15, 0.2) is 11.5 Å². The van der Waals surface area contributed by atoms with Crippen molar-refractivity contribution in [1.29, 1.82) is 0 Å². The van der Waals surface area contributed by atoms with E-state index in [1.54, 1.807) is 38.5 Å². The third-order valence-electron chi connectivity index (χ3n) is 4.21. The third kappa shape index (κ3) is 1.96. The van der Waals surface area contributed by atoms with Crippen molar-refractivity contribution < 1.29 is 19.7 Å². The topological polar surface area (TPSA) is 90.5 Å². The number of benzene rings is 2. The first-order valence-electron chi connectivity index (χ1n) is 7.40. The number of nitrogens with one attached hydrogen (secondary N) is 2. The Morgan fingerprint density at radius 2 is 1.12 bits per heavy atom. The number of methoxy groups -OCH3 is 2. The molecule has 2 heterocycles. The Hall–Kier alpha value is -3.28. The molecule has 6 nitrogen and oxygen atoms in total. The van der Waals surface area contributed by atoms with E-state index in [1.807, 2.05) is 12.1 Å². The standard InChI is InChI=1S/C18H16N2O4/c1-23-9-3-5-13-11(7-9)17(21)15(19-13)16-18(22)12-8-10(24-2)4-6-14(12)20-16/h3-8,19-22H,1-2H3. The Morgan fingerprint density at radius 1 is 0.708 bits per heavy atom. The van der Waals surface area contributed by atoms with E-state index in [0.29, 0.717) is 33.7 Å². The fourth-order valence-electron chi connectivity index (χ4n) is 2.93. The third-order valence-corrected chi connectivity index (χ3v) is 4.21. The minimum absolute atomic E-state index is 0.0534. The van der Waals surface area contributed by atoms with Crippen LogP contribution in [0.25, 0.3) is 33.2 Å². The molecule has 2 aromatic heterocycles. The van der Waals surface area contributed by atoms with Gasteiger partial charge in [-0.3, -0.25) is 0 Å². The highest BCUT2D eigenvalue weighted by molar-refractivity contribution is 6.00. The molecule has 4 rings (SSSR count). The van der Waals surface area contributed by atoms with Crippen molar-refractivity contribution in [2.75, 3.05) is 14.2 Å². The van der Waals surface area contributed by atoms with Crippen LogP contribution >= 0.6 is 0 Å². The minimum atomic E-state index is 0.0534. The van der Waals surface area contributed by atoms with Gasteiger partial charge in [0, 0.05) is 21.8 Å². The summed E-state index contributed by atoms with van der Waals surface area (Å²) in [5.74, 6) is 1.40. The van der Waals surface area contributed by atoms with Crippen LogP contribution in [0.2, 0.25) is 0 Å². The van der Waals surface area contributed by atoms with Crippen molar-refractivity contribution in [3.63, 3.8) is 0 Å². The van der Waals surface area contributed by atoms with Gasteiger partial charge in [-0.25, -0.2) is 0 Å². The molecule has 0 aliphatic heterocycles. The summed E-state index contributed by atoms with van der Waals surface area (Å²) >= 11 is 0. The van der Waals surface area contributed by atoms with E-state index in [-0.39, 0.29) is 11.5 Å². The Labute approximate surface area is 137 Å². The number of aromatic amines is 2. The van der Waals surface area contributed by atoms with Gasteiger partial charge in [0.25, 0.3) is 0 Å². The predicted molar refractivity (Wildman–Crippen MR) is 92.0 cm³/mol. The smallest absolute Gasteiger partial charge is 0.150 e. The summed E-state index contributed by atoms with van der Waals surface area (Å²) in [5.41, 5.74) is 2.34. The lowest BCUT2D eigenvalue weighted by Crippen LogP contribution is -1.80. The van der Waals surface area contributed by atoms with E-state index in [2.05, 4.69) is 9.97 Å². The maximum atomic E-state index is 10.6. The largest absolute Gasteiger partial charge is 0.505 e. The average molecular weight is 324 g/mol. The lowest BCUT2D eigenvalue weighted by Gasteiger charge is -1.99. The van der Waals surface area contributed by atoms with Gasteiger partial charge in [-0.2, -0.15) is 0 Å². The zero-order chi connectivity index (χ0) is 16.8. The van der Waals surface area contributed by atoms with Crippen molar-refractivity contribution in [2.24, 2.45) is 0 Å². The summed E-state index contributed by atoms with van der Waals surface area (Å²) in [4.78, 5) is 6.27. The predicted octanol–water partition coefficient (Wildman–Crippen LogP) is 3.74. The molecule has 0 amide bonds. The highest BCUT2D eigenvalue weighted by Gasteiger charge is 2.20. The molecule has 4 aromatic rings. The van der Waals surface area contributed by atoms with Crippen molar-refractivity contribution in [3.8, 4) is 34.4 Å². The lowest BCUT2D eigenvalue weighted by atomic mass is 10.2. The fourth-order valence-corrected chi connectivity index (χ4v) is 2.93. The second-order valence-corrected chi connectivity index (χ2v) is 5.52. The van der Waals surface area contributed by atoms with Crippen LogP contribution in [0.3, 0.4) is 0 Å². The summed E-state index contributed by atoms with van der Waals surface area (Å²) in [7, 11) is 3.14. The molecule has 6 heteroatoms.